The van der Waals surface area contributed by atoms with Crippen molar-refractivity contribution in [2.75, 3.05) is 10.6 Å². The summed E-state index contributed by atoms with van der Waals surface area (Å²) in [6.45, 7) is 1.85. The number of fused-ring (bicyclic) bond motifs is 2. The molecule has 0 spiro atoms. The molecule has 1 aliphatic heterocycles. The Balaban J connectivity index is 1.56. The van der Waals surface area contributed by atoms with E-state index in [1.165, 1.54) is 0 Å². The largest absolute Gasteiger partial charge is 0.356 e. The summed E-state index contributed by atoms with van der Waals surface area (Å²) in [6, 6.07) is 7.41. The van der Waals surface area contributed by atoms with Crippen molar-refractivity contribution in [3.8, 4) is 0 Å². The van der Waals surface area contributed by atoms with Crippen LogP contribution in [-0.2, 0) is 29.5 Å². The van der Waals surface area contributed by atoms with Crippen molar-refractivity contribution in [2.24, 2.45) is 13.0 Å². The SMILES string of the molecule is C[C@@H]1Cc2c(NC(=O)Cc3noc4ccccc34)nn(C)c2NC1=O. The van der Waals surface area contributed by atoms with E-state index >= 15 is 0 Å². The molecule has 1 aliphatic rings. The monoisotopic (exact) mass is 339 g/mol. The highest BCUT2D eigenvalue weighted by Gasteiger charge is 2.29. The molecule has 2 N–H and O–H groups in total. The summed E-state index contributed by atoms with van der Waals surface area (Å²) in [6.07, 6.45) is 0.627. The zero-order valence-electron chi connectivity index (χ0n) is 13.9. The molecule has 0 saturated carbocycles. The number of nitrogens with zero attached hydrogens (tertiary/aromatic N) is 3. The summed E-state index contributed by atoms with van der Waals surface area (Å²) in [4.78, 5) is 24.3. The molecule has 0 fully saturated rings. The van der Waals surface area contributed by atoms with Gasteiger partial charge < -0.3 is 15.2 Å². The van der Waals surface area contributed by atoms with Gasteiger partial charge in [0.05, 0.1) is 6.42 Å². The molecular weight excluding hydrogens is 322 g/mol. The van der Waals surface area contributed by atoms with E-state index in [-0.39, 0.29) is 24.2 Å². The molecule has 0 bridgehead atoms. The van der Waals surface area contributed by atoms with Crippen LogP contribution in [0.3, 0.4) is 0 Å². The maximum atomic E-state index is 12.4. The summed E-state index contributed by atoms with van der Waals surface area (Å²) in [7, 11) is 1.73. The Morgan fingerprint density at radius 1 is 1.44 bits per heavy atom. The Bertz CT molecular complexity index is 987. The Kier molecular flexibility index (Phi) is 3.52. The minimum atomic E-state index is -0.232. The van der Waals surface area contributed by atoms with Gasteiger partial charge in [-0.15, -0.1) is 0 Å². The van der Waals surface area contributed by atoms with E-state index in [1.54, 1.807) is 11.7 Å². The highest BCUT2D eigenvalue weighted by atomic mass is 16.5. The molecule has 4 rings (SSSR count). The van der Waals surface area contributed by atoms with Gasteiger partial charge in [0.15, 0.2) is 11.4 Å². The number of rotatable bonds is 3. The van der Waals surface area contributed by atoms with Crippen LogP contribution in [0, 0.1) is 5.92 Å². The summed E-state index contributed by atoms with van der Waals surface area (Å²) in [5.74, 6) is 0.672. The van der Waals surface area contributed by atoms with Crippen LogP contribution >= 0.6 is 0 Å². The van der Waals surface area contributed by atoms with Crippen molar-refractivity contribution >= 4 is 34.4 Å². The lowest BCUT2D eigenvalue weighted by Crippen LogP contribution is -2.28. The molecule has 0 saturated heterocycles. The van der Waals surface area contributed by atoms with E-state index in [0.29, 0.717) is 29.3 Å². The summed E-state index contributed by atoms with van der Waals surface area (Å²) in [5, 5.41) is 14.8. The number of aromatic nitrogens is 3. The Labute approximate surface area is 143 Å². The van der Waals surface area contributed by atoms with E-state index < -0.39 is 0 Å². The lowest BCUT2D eigenvalue weighted by molar-refractivity contribution is -0.119. The number of para-hydroxylation sites is 1. The van der Waals surface area contributed by atoms with Crippen LogP contribution in [0.5, 0.6) is 0 Å². The zero-order valence-corrected chi connectivity index (χ0v) is 13.9. The Morgan fingerprint density at radius 2 is 2.24 bits per heavy atom. The van der Waals surface area contributed by atoms with Crippen LogP contribution in [0.25, 0.3) is 11.0 Å². The number of nitrogens with one attached hydrogen (secondary N) is 2. The normalized spacial score (nSPS) is 16.6. The van der Waals surface area contributed by atoms with E-state index in [0.717, 1.165) is 10.9 Å². The van der Waals surface area contributed by atoms with E-state index in [1.807, 2.05) is 31.2 Å². The van der Waals surface area contributed by atoms with Crippen molar-refractivity contribution in [2.45, 2.75) is 19.8 Å². The first-order valence-corrected chi connectivity index (χ1v) is 8.03. The molecular formula is C17H17N5O3. The van der Waals surface area contributed by atoms with Gasteiger partial charge in [-0.1, -0.05) is 24.2 Å². The molecule has 0 unspecified atom stereocenters. The maximum absolute atomic E-state index is 12.4. The van der Waals surface area contributed by atoms with Crippen molar-refractivity contribution in [1.82, 2.24) is 14.9 Å². The Hall–Kier alpha value is -3.16. The smallest absolute Gasteiger partial charge is 0.231 e. The summed E-state index contributed by atoms with van der Waals surface area (Å²) >= 11 is 0. The minimum absolute atomic E-state index is 0.0394. The van der Waals surface area contributed by atoms with Crippen molar-refractivity contribution < 1.29 is 14.1 Å². The maximum Gasteiger partial charge on any atom is 0.231 e. The quantitative estimate of drug-likeness (QED) is 0.758. The van der Waals surface area contributed by atoms with Crippen molar-refractivity contribution in [3.05, 3.63) is 35.5 Å². The van der Waals surface area contributed by atoms with Gasteiger partial charge in [-0.3, -0.25) is 14.3 Å². The van der Waals surface area contributed by atoms with Gasteiger partial charge in [0.2, 0.25) is 11.8 Å². The van der Waals surface area contributed by atoms with Gasteiger partial charge in [-0.25, -0.2) is 0 Å². The van der Waals surface area contributed by atoms with Crippen molar-refractivity contribution in [1.29, 1.82) is 0 Å². The first-order chi connectivity index (χ1) is 12.0. The molecule has 1 aromatic carbocycles. The number of carbonyl (C=O) groups is 2. The molecule has 3 aromatic rings. The fourth-order valence-electron chi connectivity index (χ4n) is 3.05. The van der Waals surface area contributed by atoms with Crippen LogP contribution < -0.4 is 10.6 Å². The van der Waals surface area contributed by atoms with Gasteiger partial charge in [-0.2, -0.15) is 5.10 Å². The zero-order chi connectivity index (χ0) is 17.6. The lowest BCUT2D eigenvalue weighted by Gasteiger charge is -2.19. The average molecular weight is 339 g/mol. The molecule has 0 radical (unpaired) electrons. The fraction of sp³-hybridized carbons (Fsp3) is 0.294. The first kappa shape index (κ1) is 15.4. The minimum Gasteiger partial charge on any atom is -0.356 e. The van der Waals surface area contributed by atoms with Gasteiger partial charge in [0.25, 0.3) is 0 Å². The number of hydrogen-bond donors (Lipinski definition) is 2. The number of aryl methyl sites for hydroxylation is 1. The van der Waals surface area contributed by atoms with Gasteiger partial charge in [0, 0.05) is 23.9 Å². The number of anilines is 2. The number of hydrogen-bond acceptors (Lipinski definition) is 5. The van der Waals surface area contributed by atoms with Gasteiger partial charge in [-0.05, 0) is 18.6 Å². The molecule has 8 heteroatoms. The molecule has 2 aromatic heterocycles. The van der Waals surface area contributed by atoms with Crippen LogP contribution in [0.1, 0.15) is 18.2 Å². The van der Waals surface area contributed by atoms with E-state index in [2.05, 4.69) is 20.9 Å². The van der Waals surface area contributed by atoms with Crippen LogP contribution in [0.4, 0.5) is 11.6 Å². The summed E-state index contributed by atoms with van der Waals surface area (Å²) in [5.41, 5.74) is 2.07. The second kappa shape index (κ2) is 5.73. The third-order valence-electron chi connectivity index (χ3n) is 4.38. The second-order valence-electron chi connectivity index (χ2n) is 6.24. The third kappa shape index (κ3) is 2.65. The molecule has 128 valence electrons. The topological polar surface area (TPSA) is 102 Å². The van der Waals surface area contributed by atoms with Gasteiger partial charge in [0.1, 0.15) is 11.5 Å². The van der Waals surface area contributed by atoms with Gasteiger partial charge >= 0.3 is 0 Å². The number of carbonyl (C=O) groups excluding carboxylic acids is 2. The van der Waals surface area contributed by atoms with Crippen LogP contribution in [0.2, 0.25) is 0 Å². The Morgan fingerprint density at radius 3 is 3.08 bits per heavy atom. The summed E-state index contributed by atoms with van der Waals surface area (Å²) < 4.78 is 6.79. The molecule has 25 heavy (non-hydrogen) atoms. The highest BCUT2D eigenvalue weighted by molar-refractivity contribution is 5.99. The molecule has 1 atom stereocenters. The first-order valence-electron chi connectivity index (χ1n) is 8.03. The predicted octanol–water partition coefficient (Wildman–Crippen LogP) is 1.87. The fourth-order valence-corrected chi connectivity index (χ4v) is 3.05. The molecule has 0 aliphatic carbocycles. The van der Waals surface area contributed by atoms with Crippen molar-refractivity contribution in [3.63, 3.8) is 0 Å². The number of amides is 2. The van der Waals surface area contributed by atoms with Crippen LogP contribution in [-0.4, -0.2) is 26.8 Å². The highest BCUT2D eigenvalue weighted by Crippen LogP contribution is 2.31. The lowest BCUT2D eigenvalue weighted by atomic mass is 9.98. The van der Waals surface area contributed by atoms with Crippen LogP contribution in [0.15, 0.2) is 28.8 Å². The second-order valence-corrected chi connectivity index (χ2v) is 6.24. The molecule has 3 heterocycles. The molecule has 2 amide bonds. The third-order valence-corrected chi connectivity index (χ3v) is 4.38. The number of benzene rings is 1. The predicted molar refractivity (Wildman–Crippen MR) is 91.0 cm³/mol. The van der Waals surface area contributed by atoms with E-state index in [9.17, 15) is 9.59 Å². The average Bonchev–Trinajstić information content (AvgIpc) is 3.11. The van der Waals surface area contributed by atoms with E-state index in [4.69, 9.17) is 4.52 Å². The molecule has 8 nitrogen and oxygen atoms in total. The standard InChI is InChI=1S/C17H17N5O3/c1-9-7-11-15(20-22(2)16(11)19-17(9)24)18-14(23)8-12-10-5-3-4-6-13(10)25-21-12/h3-6,9H,7-8H2,1-2H3,(H,19,24)(H,18,20,23)/t9-/m1/s1.